The Kier molecular flexibility index (Phi) is 2.92. The lowest BCUT2D eigenvalue weighted by atomic mass is 9.79. The minimum atomic E-state index is 0.184. The monoisotopic (exact) mass is 226 g/mol. The number of piperidine rings is 1. The van der Waals surface area contributed by atoms with Crippen LogP contribution in [0, 0.1) is 0 Å². The molecule has 0 N–H and O–H groups in total. The van der Waals surface area contributed by atoms with Crippen molar-refractivity contribution in [3.63, 3.8) is 0 Å². The van der Waals surface area contributed by atoms with Crippen molar-refractivity contribution in [1.82, 2.24) is 9.80 Å². The molecule has 1 spiro atoms. The van der Waals surface area contributed by atoms with E-state index in [1.165, 1.54) is 25.9 Å². The smallest absolute Gasteiger partial charge is 0.0884 e. The maximum Gasteiger partial charge on any atom is 0.0884 e. The van der Waals surface area contributed by atoms with Crippen LogP contribution in [0.25, 0.3) is 0 Å². The van der Waals surface area contributed by atoms with Crippen LogP contribution in [0.2, 0.25) is 0 Å². The minimum Gasteiger partial charge on any atom is -0.379 e. The Balaban J connectivity index is 1.63. The van der Waals surface area contributed by atoms with Crippen molar-refractivity contribution in [3.05, 3.63) is 0 Å². The molecule has 3 saturated heterocycles. The van der Waals surface area contributed by atoms with Gasteiger partial charge in [0.15, 0.2) is 0 Å². The molecule has 4 heteroatoms. The maximum absolute atomic E-state index is 5.96. The summed E-state index contributed by atoms with van der Waals surface area (Å²) in [6, 6.07) is 0.658. The van der Waals surface area contributed by atoms with Crippen LogP contribution in [-0.4, -0.2) is 74.5 Å². The molecule has 3 aliphatic rings. The highest BCUT2D eigenvalue weighted by Gasteiger charge is 2.52. The molecule has 0 aromatic rings. The van der Waals surface area contributed by atoms with Crippen molar-refractivity contribution in [1.29, 1.82) is 0 Å². The topological polar surface area (TPSA) is 24.9 Å². The lowest BCUT2D eigenvalue weighted by Gasteiger charge is -2.57. The molecule has 0 radical (unpaired) electrons. The SMILES string of the molecule is CN1CCC2(CC1)OCC2N1CCOCC1. The average molecular weight is 226 g/mol. The zero-order valence-electron chi connectivity index (χ0n) is 10.2. The summed E-state index contributed by atoms with van der Waals surface area (Å²) in [5.74, 6) is 0. The Morgan fingerprint density at radius 3 is 2.31 bits per heavy atom. The number of rotatable bonds is 1. The third-order valence-electron chi connectivity index (χ3n) is 4.46. The molecule has 0 aromatic carbocycles. The lowest BCUT2D eigenvalue weighted by Crippen LogP contribution is -2.69. The van der Waals surface area contributed by atoms with E-state index in [0.29, 0.717) is 6.04 Å². The van der Waals surface area contributed by atoms with E-state index in [9.17, 15) is 0 Å². The first-order valence-electron chi connectivity index (χ1n) is 6.44. The summed E-state index contributed by atoms with van der Waals surface area (Å²) in [6.07, 6.45) is 2.40. The Morgan fingerprint density at radius 2 is 1.75 bits per heavy atom. The molecule has 3 fully saturated rings. The van der Waals surface area contributed by atoms with Gasteiger partial charge < -0.3 is 14.4 Å². The molecular weight excluding hydrogens is 204 g/mol. The quantitative estimate of drug-likeness (QED) is 0.637. The third kappa shape index (κ3) is 1.78. The molecule has 0 amide bonds. The first-order chi connectivity index (χ1) is 7.80. The van der Waals surface area contributed by atoms with Gasteiger partial charge in [-0.25, -0.2) is 0 Å². The molecule has 16 heavy (non-hydrogen) atoms. The summed E-state index contributed by atoms with van der Waals surface area (Å²) >= 11 is 0. The summed E-state index contributed by atoms with van der Waals surface area (Å²) in [5, 5.41) is 0. The van der Waals surface area contributed by atoms with E-state index in [-0.39, 0.29) is 5.60 Å². The summed E-state index contributed by atoms with van der Waals surface area (Å²) in [6.45, 7) is 7.27. The van der Waals surface area contributed by atoms with Gasteiger partial charge in [-0.05, 0) is 19.9 Å². The van der Waals surface area contributed by atoms with Crippen molar-refractivity contribution in [3.8, 4) is 0 Å². The van der Waals surface area contributed by atoms with Gasteiger partial charge in [0.05, 0.1) is 31.5 Å². The van der Waals surface area contributed by atoms with E-state index < -0.39 is 0 Å². The molecule has 1 atom stereocenters. The normalized spacial score (nSPS) is 36.2. The van der Waals surface area contributed by atoms with E-state index in [0.717, 1.165) is 32.9 Å². The van der Waals surface area contributed by atoms with Crippen LogP contribution in [0.4, 0.5) is 0 Å². The molecular formula is C12H22N2O2. The highest BCUT2D eigenvalue weighted by molar-refractivity contribution is 5.04. The van der Waals surface area contributed by atoms with Crippen LogP contribution in [-0.2, 0) is 9.47 Å². The van der Waals surface area contributed by atoms with Crippen molar-refractivity contribution >= 4 is 0 Å². The fraction of sp³-hybridized carbons (Fsp3) is 1.00. The molecule has 3 rings (SSSR count). The van der Waals surface area contributed by atoms with Crippen molar-refractivity contribution < 1.29 is 9.47 Å². The lowest BCUT2D eigenvalue weighted by molar-refractivity contribution is -0.238. The Bertz CT molecular complexity index is 245. The number of morpholine rings is 1. The van der Waals surface area contributed by atoms with Crippen LogP contribution in [0.5, 0.6) is 0 Å². The summed E-state index contributed by atoms with van der Waals surface area (Å²) in [7, 11) is 2.20. The van der Waals surface area contributed by atoms with Gasteiger partial charge in [-0.2, -0.15) is 0 Å². The third-order valence-corrected chi connectivity index (χ3v) is 4.46. The molecule has 0 aliphatic carbocycles. The van der Waals surface area contributed by atoms with Crippen molar-refractivity contribution in [2.45, 2.75) is 24.5 Å². The summed E-state index contributed by atoms with van der Waals surface area (Å²) in [4.78, 5) is 4.99. The van der Waals surface area contributed by atoms with Crippen LogP contribution >= 0.6 is 0 Å². The highest BCUT2D eigenvalue weighted by Crippen LogP contribution is 2.39. The standard InChI is InChI=1S/C12H22N2O2/c1-13-4-2-12(3-5-13)11(10-16-12)14-6-8-15-9-7-14/h11H,2-10H2,1H3. The van der Waals surface area contributed by atoms with Crippen LogP contribution < -0.4 is 0 Å². The largest absolute Gasteiger partial charge is 0.379 e. The van der Waals surface area contributed by atoms with Crippen LogP contribution in [0.15, 0.2) is 0 Å². The Labute approximate surface area is 97.5 Å². The van der Waals surface area contributed by atoms with Crippen molar-refractivity contribution in [2.75, 3.05) is 53.0 Å². The van der Waals surface area contributed by atoms with Gasteiger partial charge >= 0.3 is 0 Å². The number of nitrogens with zero attached hydrogens (tertiary/aromatic N) is 2. The Morgan fingerprint density at radius 1 is 1.06 bits per heavy atom. The highest BCUT2D eigenvalue weighted by atomic mass is 16.5. The maximum atomic E-state index is 5.96. The summed E-state index contributed by atoms with van der Waals surface area (Å²) in [5.41, 5.74) is 0.184. The number of likely N-dealkylation sites (tertiary alicyclic amines) is 1. The van der Waals surface area contributed by atoms with E-state index in [1.807, 2.05) is 0 Å². The fourth-order valence-corrected chi connectivity index (χ4v) is 3.20. The van der Waals surface area contributed by atoms with Gasteiger partial charge in [-0.1, -0.05) is 0 Å². The molecule has 4 nitrogen and oxygen atoms in total. The Hall–Kier alpha value is -0.160. The first kappa shape index (κ1) is 11.0. The minimum absolute atomic E-state index is 0.184. The molecule has 0 aromatic heterocycles. The van der Waals surface area contributed by atoms with Gasteiger partial charge in [0, 0.05) is 26.2 Å². The van der Waals surface area contributed by atoms with Crippen molar-refractivity contribution in [2.24, 2.45) is 0 Å². The molecule has 3 aliphatic heterocycles. The fourth-order valence-electron chi connectivity index (χ4n) is 3.20. The van der Waals surface area contributed by atoms with Gasteiger partial charge in [0.25, 0.3) is 0 Å². The predicted octanol–water partition coefficient (Wildman–Crippen LogP) is 0.182. The second kappa shape index (κ2) is 4.26. The van der Waals surface area contributed by atoms with Gasteiger partial charge in [0.2, 0.25) is 0 Å². The van der Waals surface area contributed by atoms with E-state index in [4.69, 9.17) is 9.47 Å². The molecule has 0 saturated carbocycles. The van der Waals surface area contributed by atoms with Gasteiger partial charge in [-0.3, -0.25) is 4.90 Å². The van der Waals surface area contributed by atoms with E-state index in [2.05, 4.69) is 16.8 Å². The van der Waals surface area contributed by atoms with Crippen LogP contribution in [0.3, 0.4) is 0 Å². The molecule has 0 bridgehead atoms. The van der Waals surface area contributed by atoms with Crippen LogP contribution in [0.1, 0.15) is 12.8 Å². The molecule has 1 unspecified atom stereocenters. The number of hydrogen-bond donors (Lipinski definition) is 0. The second-order valence-electron chi connectivity index (χ2n) is 5.34. The number of hydrogen-bond acceptors (Lipinski definition) is 4. The van der Waals surface area contributed by atoms with Gasteiger partial charge in [-0.15, -0.1) is 0 Å². The van der Waals surface area contributed by atoms with Gasteiger partial charge in [0.1, 0.15) is 0 Å². The van der Waals surface area contributed by atoms with E-state index >= 15 is 0 Å². The molecule has 92 valence electrons. The second-order valence-corrected chi connectivity index (χ2v) is 5.34. The average Bonchev–Trinajstić information content (AvgIpc) is 2.30. The van der Waals surface area contributed by atoms with E-state index in [1.54, 1.807) is 0 Å². The zero-order chi connectivity index (χ0) is 11.0. The molecule has 3 heterocycles. The number of ether oxygens (including phenoxy) is 2. The first-order valence-corrected chi connectivity index (χ1v) is 6.44. The zero-order valence-corrected chi connectivity index (χ0v) is 10.2. The summed E-state index contributed by atoms with van der Waals surface area (Å²) < 4.78 is 11.4. The predicted molar refractivity (Wildman–Crippen MR) is 61.6 cm³/mol.